The normalized spacial score (nSPS) is 8.22. The highest BCUT2D eigenvalue weighted by atomic mass is 28.3. The lowest BCUT2D eigenvalue weighted by atomic mass is 10.7. The first-order chi connectivity index (χ1) is 4.13. The third-order valence-electron chi connectivity index (χ3n) is 0.611. The summed E-state index contributed by atoms with van der Waals surface area (Å²) in [5, 5.41) is 0. The number of allylic oxidation sites excluding steroid dienone is 2. The fraction of sp³-hybridized carbons (Fsp3) is 0.333. The molecule has 0 aliphatic carbocycles. The molecule has 0 saturated heterocycles. The van der Waals surface area contributed by atoms with E-state index < -0.39 is 10.0 Å². The van der Waals surface area contributed by atoms with Crippen molar-refractivity contribution < 1.29 is 8.85 Å². The van der Waals surface area contributed by atoms with Crippen LogP contribution in [-0.4, -0.2) is 10.0 Å². The molecule has 2 nitrogen and oxygen atoms in total. The van der Waals surface area contributed by atoms with Crippen LogP contribution in [0.15, 0.2) is 24.7 Å². The van der Waals surface area contributed by atoms with Crippen LogP contribution in [0.1, 0.15) is 13.8 Å². The van der Waals surface area contributed by atoms with Gasteiger partial charge in [-0.05, 0) is 13.8 Å². The van der Waals surface area contributed by atoms with Gasteiger partial charge in [-0.1, -0.05) is 13.2 Å². The summed E-state index contributed by atoms with van der Waals surface area (Å²) < 4.78 is 10.0. The second-order valence-corrected chi connectivity index (χ2v) is 2.62. The van der Waals surface area contributed by atoms with E-state index in [1.54, 1.807) is 13.8 Å². The Morgan fingerprint density at radius 3 is 1.67 bits per heavy atom. The molecule has 0 aromatic heterocycles. The molecule has 0 rings (SSSR count). The predicted molar refractivity (Wildman–Crippen MR) is 40.3 cm³/mol. The molecule has 0 bridgehead atoms. The Kier molecular flexibility index (Phi) is 3.87. The maximum atomic E-state index is 5.01. The smallest absolute Gasteiger partial charge is 0.427 e. The van der Waals surface area contributed by atoms with Crippen molar-refractivity contribution >= 4 is 10.0 Å². The molecular weight excluding hydrogens is 132 g/mol. The zero-order chi connectivity index (χ0) is 7.28. The van der Waals surface area contributed by atoms with Gasteiger partial charge in [0, 0.05) is 0 Å². The van der Waals surface area contributed by atoms with Gasteiger partial charge in [0.05, 0.1) is 11.5 Å². The lowest BCUT2D eigenvalue weighted by molar-refractivity contribution is 0.328. The van der Waals surface area contributed by atoms with Gasteiger partial charge in [-0.25, -0.2) is 0 Å². The van der Waals surface area contributed by atoms with Gasteiger partial charge >= 0.3 is 10.0 Å². The largest absolute Gasteiger partial charge is 0.521 e. The summed E-state index contributed by atoms with van der Waals surface area (Å²) in [6.45, 7) is 10.7. The molecular formula is C6H12O2Si. The van der Waals surface area contributed by atoms with E-state index >= 15 is 0 Å². The van der Waals surface area contributed by atoms with Gasteiger partial charge in [0.25, 0.3) is 0 Å². The molecule has 3 heteroatoms. The van der Waals surface area contributed by atoms with Crippen LogP contribution >= 0.6 is 0 Å². The van der Waals surface area contributed by atoms with E-state index in [1.165, 1.54) is 0 Å². The molecule has 0 aromatic carbocycles. The minimum absolute atomic E-state index is 0.711. The van der Waals surface area contributed by atoms with E-state index in [4.69, 9.17) is 8.85 Å². The van der Waals surface area contributed by atoms with Crippen LogP contribution in [0, 0.1) is 0 Å². The fourth-order valence-electron chi connectivity index (χ4n) is 0.231. The molecule has 0 aliphatic rings. The van der Waals surface area contributed by atoms with Crippen LogP contribution in [0.5, 0.6) is 0 Å². The minimum Gasteiger partial charge on any atom is -0.521 e. The molecule has 0 aromatic rings. The zero-order valence-electron chi connectivity index (χ0n) is 5.94. The number of hydrogen-bond acceptors (Lipinski definition) is 2. The van der Waals surface area contributed by atoms with Crippen molar-refractivity contribution in [1.29, 1.82) is 0 Å². The Bertz CT molecular complexity index is 106. The third-order valence-corrected chi connectivity index (χ3v) is 1.83. The van der Waals surface area contributed by atoms with E-state index in [0.29, 0.717) is 11.5 Å². The van der Waals surface area contributed by atoms with E-state index in [0.717, 1.165) is 0 Å². The monoisotopic (exact) mass is 144 g/mol. The minimum atomic E-state index is -0.883. The highest BCUT2D eigenvalue weighted by molar-refractivity contribution is 6.19. The first-order valence-electron chi connectivity index (χ1n) is 2.69. The summed E-state index contributed by atoms with van der Waals surface area (Å²) in [4.78, 5) is 0. The van der Waals surface area contributed by atoms with Crippen molar-refractivity contribution in [1.82, 2.24) is 0 Å². The van der Waals surface area contributed by atoms with Crippen LogP contribution in [0.3, 0.4) is 0 Å². The maximum absolute atomic E-state index is 5.01. The second kappa shape index (κ2) is 4.20. The lowest BCUT2D eigenvalue weighted by Crippen LogP contribution is -1.99. The Hall–Kier alpha value is -0.703. The molecule has 0 N–H and O–H groups in total. The number of rotatable bonds is 4. The van der Waals surface area contributed by atoms with E-state index in [-0.39, 0.29) is 0 Å². The molecule has 0 heterocycles. The van der Waals surface area contributed by atoms with Crippen LogP contribution < -0.4 is 0 Å². The third kappa shape index (κ3) is 7.30. The average molecular weight is 144 g/mol. The van der Waals surface area contributed by atoms with E-state index in [2.05, 4.69) is 13.2 Å². The van der Waals surface area contributed by atoms with Crippen LogP contribution in [0.4, 0.5) is 0 Å². The van der Waals surface area contributed by atoms with Crippen molar-refractivity contribution in [3.8, 4) is 0 Å². The summed E-state index contributed by atoms with van der Waals surface area (Å²) in [5.41, 5.74) is 0. The first kappa shape index (κ1) is 8.30. The number of hydrogen-bond donors (Lipinski definition) is 0. The van der Waals surface area contributed by atoms with Crippen LogP contribution in [-0.2, 0) is 8.85 Å². The molecule has 9 heavy (non-hydrogen) atoms. The summed E-state index contributed by atoms with van der Waals surface area (Å²) in [6.07, 6.45) is 0. The molecule has 0 spiro atoms. The van der Waals surface area contributed by atoms with Crippen molar-refractivity contribution in [3.63, 3.8) is 0 Å². The van der Waals surface area contributed by atoms with Gasteiger partial charge in [-0.3, -0.25) is 0 Å². The molecule has 0 unspecified atom stereocenters. The Morgan fingerprint density at radius 1 is 1.11 bits per heavy atom. The van der Waals surface area contributed by atoms with E-state index in [9.17, 15) is 0 Å². The van der Waals surface area contributed by atoms with Gasteiger partial charge in [0.1, 0.15) is 0 Å². The average Bonchev–Trinajstić information content (AvgIpc) is 1.63. The molecule has 0 fully saturated rings. The maximum Gasteiger partial charge on any atom is 0.427 e. The second-order valence-electron chi connectivity index (χ2n) is 1.81. The Labute approximate surface area is 58.2 Å². The van der Waals surface area contributed by atoms with Crippen LogP contribution in [0.25, 0.3) is 0 Å². The predicted octanol–water partition coefficient (Wildman–Crippen LogP) is 1.09. The highest BCUT2D eigenvalue weighted by Gasteiger charge is 1.87. The van der Waals surface area contributed by atoms with Crippen molar-refractivity contribution in [2.24, 2.45) is 0 Å². The van der Waals surface area contributed by atoms with Crippen LogP contribution in [0.2, 0.25) is 0 Å². The van der Waals surface area contributed by atoms with Crippen molar-refractivity contribution in [3.05, 3.63) is 24.7 Å². The topological polar surface area (TPSA) is 18.5 Å². The summed E-state index contributed by atoms with van der Waals surface area (Å²) >= 11 is 0. The summed E-state index contributed by atoms with van der Waals surface area (Å²) in [6, 6.07) is 0. The molecule has 0 radical (unpaired) electrons. The van der Waals surface area contributed by atoms with Crippen molar-refractivity contribution in [2.45, 2.75) is 13.8 Å². The first-order valence-corrected chi connectivity index (χ1v) is 3.85. The molecule has 0 atom stereocenters. The highest BCUT2D eigenvalue weighted by Crippen LogP contribution is 1.92. The van der Waals surface area contributed by atoms with Gasteiger partial charge in [-0.2, -0.15) is 0 Å². The standard InChI is InChI=1S/C6H12O2Si/c1-5(2)7-9-8-6(3)4/h1,3,9H2,2,4H3. The molecule has 0 aliphatic heterocycles. The Balaban J connectivity index is 3.10. The Morgan fingerprint density at radius 2 is 1.44 bits per heavy atom. The summed E-state index contributed by atoms with van der Waals surface area (Å²) in [5.74, 6) is 1.42. The van der Waals surface area contributed by atoms with Gasteiger partial charge < -0.3 is 8.85 Å². The van der Waals surface area contributed by atoms with E-state index in [1.807, 2.05) is 0 Å². The zero-order valence-corrected chi connectivity index (χ0v) is 7.35. The molecule has 0 amide bonds. The molecule has 0 saturated carbocycles. The lowest BCUT2D eigenvalue weighted by Gasteiger charge is -2.05. The quantitative estimate of drug-likeness (QED) is 0.434. The van der Waals surface area contributed by atoms with Gasteiger partial charge in [0.2, 0.25) is 0 Å². The van der Waals surface area contributed by atoms with Crippen molar-refractivity contribution in [2.75, 3.05) is 0 Å². The fourth-order valence-corrected chi connectivity index (χ4v) is 0.692. The van der Waals surface area contributed by atoms with Gasteiger partial charge in [0.15, 0.2) is 0 Å². The summed E-state index contributed by atoms with van der Waals surface area (Å²) in [7, 11) is -0.883. The SMILES string of the molecule is C=C(C)O[SiH2]OC(=C)C. The van der Waals surface area contributed by atoms with Gasteiger partial charge in [-0.15, -0.1) is 0 Å². The molecule has 52 valence electrons.